The van der Waals surface area contributed by atoms with Crippen molar-refractivity contribution in [3.63, 3.8) is 0 Å². The van der Waals surface area contributed by atoms with Gasteiger partial charge in [0.15, 0.2) is 0 Å². The van der Waals surface area contributed by atoms with Crippen LogP contribution in [0.1, 0.15) is 12.5 Å². The van der Waals surface area contributed by atoms with Crippen molar-refractivity contribution >= 4 is 32.8 Å². The number of nitrogens with zero attached hydrogens (tertiary/aromatic N) is 1. The molecule has 0 spiro atoms. The predicted molar refractivity (Wildman–Crippen MR) is 89.4 cm³/mol. The van der Waals surface area contributed by atoms with E-state index in [-0.39, 0.29) is 0 Å². The summed E-state index contributed by atoms with van der Waals surface area (Å²) in [4.78, 5) is 2.32. The molecule has 0 saturated carbocycles. The number of hydrogen-bond donors (Lipinski definition) is 1. The number of rotatable bonds is 4. The summed E-state index contributed by atoms with van der Waals surface area (Å²) < 4.78 is 1.35. The normalized spacial score (nSPS) is 10.8. The second-order valence-electron chi connectivity index (χ2n) is 4.83. The third-order valence-corrected chi connectivity index (χ3v) is 4.59. The minimum absolute atomic E-state index is 0.842. The minimum atomic E-state index is 0.842. The summed E-state index contributed by atoms with van der Waals surface area (Å²) in [6.07, 6.45) is 0. The quantitative estimate of drug-likeness (QED) is 0.713. The molecule has 2 nitrogen and oxygen atoms in total. The minimum Gasteiger partial charge on any atom is -0.397 e. The molecule has 2 aromatic carbocycles. The van der Waals surface area contributed by atoms with Gasteiger partial charge in [0.2, 0.25) is 0 Å². The maximum Gasteiger partial charge on any atom is 0.0602 e. The molecule has 1 heterocycles. The molecule has 20 heavy (non-hydrogen) atoms. The Bertz CT molecular complexity index is 718. The Hall–Kier alpha value is -2.00. The van der Waals surface area contributed by atoms with E-state index in [1.54, 1.807) is 0 Å². The molecule has 1 aromatic heterocycles. The Morgan fingerprint density at radius 1 is 1.05 bits per heavy atom. The molecule has 0 aliphatic carbocycles. The first-order valence-electron chi connectivity index (χ1n) is 6.84. The molecule has 0 aliphatic rings. The number of nitrogen functional groups attached to an aromatic ring is 1. The fourth-order valence-electron chi connectivity index (χ4n) is 2.50. The summed E-state index contributed by atoms with van der Waals surface area (Å²) in [6.45, 7) is 4.01. The summed E-state index contributed by atoms with van der Waals surface area (Å²) >= 11 is 1.81. The monoisotopic (exact) mass is 282 g/mol. The van der Waals surface area contributed by atoms with Gasteiger partial charge in [-0.3, -0.25) is 0 Å². The van der Waals surface area contributed by atoms with Gasteiger partial charge >= 0.3 is 0 Å². The SMILES string of the molecule is CCN(Cc1csc2ccccc12)c1ccccc1N. The Balaban J connectivity index is 1.94. The zero-order valence-electron chi connectivity index (χ0n) is 11.5. The Morgan fingerprint density at radius 3 is 2.60 bits per heavy atom. The number of fused-ring (bicyclic) bond motifs is 1. The van der Waals surface area contributed by atoms with E-state index in [1.165, 1.54) is 15.6 Å². The number of benzene rings is 2. The van der Waals surface area contributed by atoms with Gasteiger partial charge in [-0.1, -0.05) is 30.3 Å². The topological polar surface area (TPSA) is 29.3 Å². The van der Waals surface area contributed by atoms with Crippen LogP contribution in [0.5, 0.6) is 0 Å². The zero-order valence-corrected chi connectivity index (χ0v) is 12.4. The Morgan fingerprint density at radius 2 is 1.80 bits per heavy atom. The van der Waals surface area contributed by atoms with Gasteiger partial charge in [-0.15, -0.1) is 11.3 Å². The van der Waals surface area contributed by atoms with Gasteiger partial charge in [-0.05, 0) is 41.5 Å². The first-order valence-corrected chi connectivity index (χ1v) is 7.72. The van der Waals surface area contributed by atoms with E-state index in [4.69, 9.17) is 5.73 Å². The Kier molecular flexibility index (Phi) is 3.61. The largest absolute Gasteiger partial charge is 0.397 e. The lowest BCUT2D eigenvalue weighted by molar-refractivity contribution is 0.840. The smallest absolute Gasteiger partial charge is 0.0602 e. The Labute approximate surface area is 123 Å². The maximum absolute atomic E-state index is 6.10. The average molecular weight is 282 g/mol. The second kappa shape index (κ2) is 5.55. The lowest BCUT2D eigenvalue weighted by atomic mass is 10.1. The molecule has 2 N–H and O–H groups in total. The molecular weight excluding hydrogens is 264 g/mol. The summed E-state index contributed by atoms with van der Waals surface area (Å²) in [5.41, 5.74) is 9.43. The highest BCUT2D eigenvalue weighted by molar-refractivity contribution is 7.17. The summed E-state index contributed by atoms with van der Waals surface area (Å²) in [5, 5.41) is 3.61. The molecule has 0 radical (unpaired) electrons. The first-order chi connectivity index (χ1) is 9.79. The summed E-state index contributed by atoms with van der Waals surface area (Å²) in [6, 6.07) is 16.6. The molecule has 0 aliphatic heterocycles. The van der Waals surface area contributed by atoms with Crippen LogP contribution in [0.3, 0.4) is 0 Å². The predicted octanol–water partition coefficient (Wildman–Crippen LogP) is 4.51. The zero-order chi connectivity index (χ0) is 13.9. The molecule has 3 heteroatoms. The van der Waals surface area contributed by atoms with Crippen LogP contribution >= 0.6 is 11.3 Å². The van der Waals surface area contributed by atoms with Gasteiger partial charge in [0.1, 0.15) is 0 Å². The van der Waals surface area contributed by atoms with Crippen molar-refractivity contribution in [3.05, 3.63) is 59.5 Å². The fraction of sp³-hybridized carbons (Fsp3) is 0.176. The van der Waals surface area contributed by atoms with Gasteiger partial charge < -0.3 is 10.6 Å². The number of nitrogens with two attached hydrogens (primary N) is 1. The lowest BCUT2D eigenvalue weighted by Gasteiger charge is -2.24. The van der Waals surface area contributed by atoms with Crippen molar-refractivity contribution in [2.45, 2.75) is 13.5 Å². The first kappa shape index (κ1) is 13.0. The van der Waals surface area contributed by atoms with Crippen molar-refractivity contribution in [1.29, 1.82) is 0 Å². The van der Waals surface area contributed by atoms with Crippen molar-refractivity contribution in [1.82, 2.24) is 0 Å². The fourth-order valence-corrected chi connectivity index (χ4v) is 3.46. The molecule has 3 aromatic rings. The standard InChI is InChI=1S/C17H18N2S/c1-2-19(16-9-5-4-8-15(16)18)11-13-12-20-17-10-6-3-7-14(13)17/h3-10,12H,2,11,18H2,1H3. The van der Waals surface area contributed by atoms with Crippen LogP contribution in [0.4, 0.5) is 11.4 Å². The van der Waals surface area contributed by atoms with E-state index >= 15 is 0 Å². The lowest BCUT2D eigenvalue weighted by Crippen LogP contribution is -2.22. The van der Waals surface area contributed by atoms with Crippen LogP contribution in [0.2, 0.25) is 0 Å². The average Bonchev–Trinajstić information content (AvgIpc) is 2.89. The molecule has 0 fully saturated rings. The highest BCUT2D eigenvalue weighted by Crippen LogP contribution is 2.29. The second-order valence-corrected chi connectivity index (χ2v) is 5.74. The van der Waals surface area contributed by atoms with Crippen LogP contribution in [0.25, 0.3) is 10.1 Å². The van der Waals surface area contributed by atoms with E-state index in [0.29, 0.717) is 0 Å². The third-order valence-electron chi connectivity index (χ3n) is 3.58. The number of thiophene rings is 1. The highest BCUT2D eigenvalue weighted by Gasteiger charge is 2.11. The van der Waals surface area contributed by atoms with E-state index < -0.39 is 0 Å². The number of para-hydroxylation sites is 2. The summed E-state index contributed by atoms with van der Waals surface area (Å²) in [7, 11) is 0. The van der Waals surface area contributed by atoms with E-state index in [0.717, 1.165) is 24.5 Å². The van der Waals surface area contributed by atoms with Crippen molar-refractivity contribution in [2.75, 3.05) is 17.2 Å². The molecule has 0 bridgehead atoms. The van der Waals surface area contributed by atoms with Gasteiger partial charge in [0, 0.05) is 17.8 Å². The van der Waals surface area contributed by atoms with E-state index in [1.807, 2.05) is 29.5 Å². The molecule has 102 valence electrons. The van der Waals surface area contributed by atoms with Gasteiger partial charge in [0.25, 0.3) is 0 Å². The van der Waals surface area contributed by atoms with Crippen LogP contribution in [-0.2, 0) is 6.54 Å². The summed E-state index contributed by atoms with van der Waals surface area (Å²) in [5.74, 6) is 0. The van der Waals surface area contributed by atoms with Gasteiger partial charge in [-0.2, -0.15) is 0 Å². The highest BCUT2D eigenvalue weighted by atomic mass is 32.1. The van der Waals surface area contributed by atoms with Crippen molar-refractivity contribution in [2.24, 2.45) is 0 Å². The molecule has 0 unspecified atom stereocenters. The van der Waals surface area contributed by atoms with E-state index in [2.05, 4.69) is 47.5 Å². The third kappa shape index (κ3) is 2.37. The molecule has 0 amide bonds. The molecular formula is C17H18N2S. The van der Waals surface area contributed by atoms with Gasteiger partial charge in [-0.25, -0.2) is 0 Å². The molecule has 0 atom stereocenters. The number of anilines is 2. The molecule has 0 saturated heterocycles. The van der Waals surface area contributed by atoms with Crippen LogP contribution in [-0.4, -0.2) is 6.54 Å². The van der Waals surface area contributed by atoms with Gasteiger partial charge in [0.05, 0.1) is 11.4 Å². The van der Waals surface area contributed by atoms with Crippen LogP contribution < -0.4 is 10.6 Å². The van der Waals surface area contributed by atoms with Crippen molar-refractivity contribution in [3.8, 4) is 0 Å². The van der Waals surface area contributed by atoms with Crippen molar-refractivity contribution < 1.29 is 0 Å². The van der Waals surface area contributed by atoms with E-state index in [9.17, 15) is 0 Å². The maximum atomic E-state index is 6.10. The number of hydrogen-bond acceptors (Lipinski definition) is 3. The molecule has 3 rings (SSSR count). The van der Waals surface area contributed by atoms with Crippen LogP contribution in [0, 0.1) is 0 Å². The van der Waals surface area contributed by atoms with Crippen LogP contribution in [0.15, 0.2) is 53.9 Å².